The van der Waals surface area contributed by atoms with Gasteiger partial charge in [0.05, 0.1) is 5.39 Å². The highest BCUT2D eigenvalue weighted by atomic mass is 32.1. The summed E-state index contributed by atoms with van der Waals surface area (Å²) in [5.74, 6) is 0.627. The van der Waals surface area contributed by atoms with Crippen LogP contribution < -0.4 is 10.9 Å². The molecule has 0 saturated heterocycles. The second kappa shape index (κ2) is 7.25. The van der Waals surface area contributed by atoms with Crippen molar-refractivity contribution in [1.82, 2.24) is 15.3 Å². The number of hydrogen-bond donors (Lipinski definition) is 2. The van der Waals surface area contributed by atoms with E-state index in [-0.39, 0.29) is 11.5 Å². The maximum atomic E-state index is 12.5. The SMILES string of the molecule is CCCNC(=O)CCc1nc2sc3c(c2c(=O)[nH]1)CCCCC3. The van der Waals surface area contributed by atoms with Crippen LogP contribution in [0.1, 0.15) is 55.3 Å². The molecule has 124 valence electrons. The summed E-state index contributed by atoms with van der Waals surface area (Å²) in [6.45, 7) is 2.72. The van der Waals surface area contributed by atoms with Gasteiger partial charge >= 0.3 is 0 Å². The zero-order chi connectivity index (χ0) is 16.2. The van der Waals surface area contributed by atoms with E-state index >= 15 is 0 Å². The maximum absolute atomic E-state index is 12.5. The van der Waals surface area contributed by atoms with Gasteiger partial charge in [0.15, 0.2) is 0 Å². The maximum Gasteiger partial charge on any atom is 0.259 e. The Morgan fingerprint density at radius 2 is 2.13 bits per heavy atom. The van der Waals surface area contributed by atoms with Gasteiger partial charge in [-0.05, 0) is 37.7 Å². The Bertz CT molecular complexity index is 763. The largest absolute Gasteiger partial charge is 0.356 e. The zero-order valence-electron chi connectivity index (χ0n) is 13.5. The summed E-state index contributed by atoms with van der Waals surface area (Å²) in [6, 6.07) is 0. The van der Waals surface area contributed by atoms with Crippen LogP contribution in [0, 0.1) is 0 Å². The number of thiophene rings is 1. The molecule has 6 heteroatoms. The van der Waals surface area contributed by atoms with Gasteiger partial charge in [0.2, 0.25) is 5.91 Å². The van der Waals surface area contributed by atoms with Crippen LogP contribution in [0.15, 0.2) is 4.79 Å². The predicted octanol–water partition coefficient (Wildman–Crippen LogP) is 2.71. The molecule has 0 aromatic carbocycles. The Balaban J connectivity index is 1.81. The molecule has 2 aromatic rings. The highest BCUT2D eigenvalue weighted by Gasteiger charge is 2.19. The lowest BCUT2D eigenvalue weighted by Gasteiger charge is -2.03. The van der Waals surface area contributed by atoms with Crippen molar-refractivity contribution in [1.29, 1.82) is 0 Å². The van der Waals surface area contributed by atoms with E-state index in [9.17, 15) is 9.59 Å². The second-order valence-corrected chi connectivity index (χ2v) is 7.19. The molecule has 0 fully saturated rings. The van der Waals surface area contributed by atoms with Gasteiger partial charge < -0.3 is 10.3 Å². The summed E-state index contributed by atoms with van der Waals surface area (Å²) >= 11 is 1.66. The average molecular weight is 333 g/mol. The van der Waals surface area contributed by atoms with Crippen LogP contribution >= 0.6 is 11.3 Å². The zero-order valence-corrected chi connectivity index (χ0v) is 14.4. The van der Waals surface area contributed by atoms with Crippen molar-refractivity contribution in [3.63, 3.8) is 0 Å². The van der Waals surface area contributed by atoms with E-state index in [4.69, 9.17) is 0 Å². The molecule has 1 aliphatic rings. The predicted molar refractivity (Wildman–Crippen MR) is 93.1 cm³/mol. The molecule has 0 aliphatic heterocycles. The Hall–Kier alpha value is -1.69. The van der Waals surface area contributed by atoms with E-state index in [1.54, 1.807) is 11.3 Å². The molecule has 0 radical (unpaired) electrons. The molecule has 1 amide bonds. The average Bonchev–Trinajstić information content (AvgIpc) is 2.73. The topological polar surface area (TPSA) is 74.8 Å². The molecule has 5 nitrogen and oxygen atoms in total. The van der Waals surface area contributed by atoms with Crippen molar-refractivity contribution in [2.24, 2.45) is 0 Å². The molecular formula is C17H23N3O2S. The van der Waals surface area contributed by atoms with E-state index in [1.165, 1.54) is 23.3 Å². The quantitative estimate of drug-likeness (QED) is 0.826. The van der Waals surface area contributed by atoms with Crippen molar-refractivity contribution in [3.05, 3.63) is 26.6 Å². The number of hydrogen-bond acceptors (Lipinski definition) is 4. The van der Waals surface area contributed by atoms with Crippen molar-refractivity contribution in [2.75, 3.05) is 6.54 Å². The number of carbonyl (C=O) groups excluding carboxylic acids is 1. The van der Waals surface area contributed by atoms with E-state index in [2.05, 4.69) is 15.3 Å². The third-order valence-electron chi connectivity index (χ3n) is 4.29. The number of aryl methyl sites for hydroxylation is 3. The van der Waals surface area contributed by atoms with E-state index in [0.29, 0.717) is 25.2 Å². The van der Waals surface area contributed by atoms with Gasteiger partial charge in [-0.1, -0.05) is 13.3 Å². The minimum Gasteiger partial charge on any atom is -0.356 e. The number of nitrogens with one attached hydrogen (secondary N) is 2. The normalized spacial score (nSPS) is 14.5. The molecule has 0 saturated carbocycles. The van der Waals surface area contributed by atoms with Crippen molar-refractivity contribution >= 4 is 27.5 Å². The van der Waals surface area contributed by atoms with Crippen LogP contribution in [0.3, 0.4) is 0 Å². The van der Waals surface area contributed by atoms with Gasteiger partial charge in [-0.25, -0.2) is 4.98 Å². The minimum atomic E-state index is -0.0432. The Morgan fingerprint density at radius 3 is 2.96 bits per heavy atom. The van der Waals surface area contributed by atoms with Gasteiger partial charge in [-0.15, -0.1) is 11.3 Å². The Labute approximate surface area is 139 Å². The fourth-order valence-corrected chi connectivity index (χ4v) is 4.37. The summed E-state index contributed by atoms with van der Waals surface area (Å²) in [5.41, 5.74) is 1.17. The highest BCUT2D eigenvalue weighted by Crippen LogP contribution is 2.32. The molecule has 23 heavy (non-hydrogen) atoms. The number of carbonyl (C=O) groups is 1. The first-order valence-corrected chi connectivity index (χ1v) is 9.31. The van der Waals surface area contributed by atoms with Crippen LogP contribution in [-0.2, 0) is 24.1 Å². The first kappa shape index (κ1) is 16.2. The monoisotopic (exact) mass is 333 g/mol. The summed E-state index contributed by atoms with van der Waals surface area (Å²) in [7, 11) is 0. The van der Waals surface area contributed by atoms with Crippen molar-refractivity contribution < 1.29 is 4.79 Å². The molecule has 3 rings (SSSR count). The third-order valence-corrected chi connectivity index (χ3v) is 5.47. The van der Waals surface area contributed by atoms with Crippen LogP contribution in [0.5, 0.6) is 0 Å². The number of aromatic amines is 1. The number of rotatable bonds is 5. The van der Waals surface area contributed by atoms with Crippen LogP contribution in [0.25, 0.3) is 10.2 Å². The summed E-state index contributed by atoms with van der Waals surface area (Å²) in [4.78, 5) is 33.8. The first-order chi connectivity index (χ1) is 11.2. The summed E-state index contributed by atoms with van der Waals surface area (Å²) in [6.07, 6.45) is 7.39. The Kier molecular flexibility index (Phi) is 5.10. The van der Waals surface area contributed by atoms with Crippen LogP contribution in [0.4, 0.5) is 0 Å². The highest BCUT2D eigenvalue weighted by molar-refractivity contribution is 7.18. The van der Waals surface area contributed by atoms with Crippen molar-refractivity contribution in [2.45, 2.75) is 58.3 Å². The van der Waals surface area contributed by atoms with Gasteiger partial charge in [0.1, 0.15) is 10.7 Å². The molecular weight excluding hydrogens is 310 g/mol. The summed E-state index contributed by atoms with van der Waals surface area (Å²) in [5, 5.41) is 3.63. The molecule has 0 bridgehead atoms. The molecule has 2 N–H and O–H groups in total. The third kappa shape index (κ3) is 3.63. The van der Waals surface area contributed by atoms with Gasteiger partial charge in [0, 0.05) is 24.3 Å². The van der Waals surface area contributed by atoms with Gasteiger partial charge in [-0.2, -0.15) is 0 Å². The Morgan fingerprint density at radius 1 is 1.30 bits per heavy atom. The lowest BCUT2D eigenvalue weighted by Crippen LogP contribution is -2.24. The van der Waals surface area contributed by atoms with Gasteiger partial charge in [-0.3, -0.25) is 9.59 Å². The molecule has 0 atom stereocenters. The molecule has 0 unspecified atom stereocenters. The second-order valence-electron chi connectivity index (χ2n) is 6.11. The molecule has 2 heterocycles. The minimum absolute atomic E-state index is 0.0107. The van der Waals surface area contributed by atoms with Crippen molar-refractivity contribution in [3.8, 4) is 0 Å². The first-order valence-electron chi connectivity index (χ1n) is 8.49. The number of fused-ring (bicyclic) bond motifs is 3. The van der Waals surface area contributed by atoms with E-state index < -0.39 is 0 Å². The number of amides is 1. The lowest BCUT2D eigenvalue weighted by molar-refractivity contribution is -0.121. The fourth-order valence-electron chi connectivity index (χ4n) is 3.09. The van der Waals surface area contributed by atoms with E-state index in [1.807, 2.05) is 6.92 Å². The number of H-pyrrole nitrogens is 1. The van der Waals surface area contributed by atoms with Crippen LogP contribution in [0.2, 0.25) is 0 Å². The van der Waals surface area contributed by atoms with E-state index in [0.717, 1.165) is 35.9 Å². The van der Waals surface area contributed by atoms with Crippen LogP contribution in [-0.4, -0.2) is 22.4 Å². The molecule has 2 aromatic heterocycles. The fraction of sp³-hybridized carbons (Fsp3) is 0.588. The van der Waals surface area contributed by atoms with Gasteiger partial charge in [0.25, 0.3) is 5.56 Å². The molecule has 1 aliphatic carbocycles. The standard InChI is InChI=1S/C17H23N3O2S/c1-2-10-18-14(21)9-8-13-19-16(22)15-11-6-4-3-5-7-12(11)23-17(15)20-13/h2-10H2,1H3,(H,18,21)(H,19,20,22). The lowest BCUT2D eigenvalue weighted by atomic mass is 10.1. The number of aromatic nitrogens is 2. The molecule has 0 spiro atoms. The summed E-state index contributed by atoms with van der Waals surface area (Å²) < 4.78 is 0. The smallest absolute Gasteiger partial charge is 0.259 e. The number of nitrogens with zero attached hydrogens (tertiary/aromatic N) is 1.